The Bertz CT molecular complexity index is 218. The van der Waals surface area contributed by atoms with Crippen molar-refractivity contribution in [3.05, 3.63) is 24.8 Å². The molecule has 0 aromatic carbocycles. The van der Waals surface area contributed by atoms with Gasteiger partial charge >= 0.3 is 5.97 Å². The zero-order chi connectivity index (χ0) is 9.68. The van der Waals surface area contributed by atoms with Crippen molar-refractivity contribution in [2.24, 2.45) is 5.92 Å². The summed E-state index contributed by atoms with van der Waals surface area (Å²) in [5.74, 6) is 0.0473. The van der Waals surface area contributed by atoms with E-state index in [-0.39, 0.29) is 18.0 Å². The third-order valence-electron chi connectivity index (χ3n) is 2.23. The molecule has 0 bridgehead atoms. The molecule has 0 unspecified atom stereocenters. The number of cyclic esters (lactones) is 1. The summed E-state index contributed by atoms with van der Waals surface area (Å²) in [6.07, 6.45) is 8.61. The predicted molar refractivity (Wildman–Crippen MR) is 52.2 cm³/mol. The molecular weight excluding hydrogens is 164 g/mol. The summed E-state index contributed by atoms with van der Waals surface area (Å²) in [6, 6.07) is 0. The molecule has 0 radical (unpaired) electrons. The molecule has 2 atom stereocenters. The highest BCUT2D eigenvalue weighted by Gasteiger charge is 2.29. The Morgan fingerprint density at radius 2 is 2.46 bits per heavy atom. The number of hydrogen-bond donors (Lipinski definition) is 0. The van der Waals surface area contributed by atoms with Gasteiger partial charge in [-0.05, 0) is 19.3 Å². The molecule has 1 saturated heterocycles. The van der Waals surface area contributed by atoms with Gasteiger partial charge in [0.25, 0.3) is 0 Å². The van der Waals surface area contributed by atoms with Gasteiger partial charge < -0.3 is 4.74 Å². The van der Waals surface area contributed by atoms with E-state index in [2.05, 4.69) is 6.58 Å². The summed E-state index contributed by atoms with van der Waals surface area (Å²) >= 11 is 0. The van der Waals surface area contributed by atoms with Crippen LogP contribution in [0.3, 0.4) is 0 Å². The lowest BCUT2D eigenvalue weighted by Gasteiger charge is -2.05. The van der Waals surface area contributed by atoms with Crippen LogP contribution in [0.15, 0.2) is 24.8 Å². The van der Waals surface area contributed by atoms with Crippen molar-refractivity contribution >= 4 is 5.97 Å². The van der Waals surface area contributed by atoms with Crippen LogP contribution in [0.25, 0.3) is 0 Å². The van der Waals surface area contributed by atoms with E-state index in [0.717, 1.165) is 19.3 Å². The predicted octanol–water partition coefficient (Wildman–Crippen LogP) is 2.46. The molecule has 13 heavy (non-hydrogen) atoms. The molecule has 1 heterocycles. The fraction of sp³-hybridized carbons (Fsp3) is 0.545. The SMILES string of the molecule is C=C/C=C/CC[C@H]1C[C@@H](C)C(=O)O1. The van der Waals surface area contributed by atoms with Gasteiger partial charge in [-0.3, -0.25) is 4.79 Å². The van der Waals surface area contributed by atoms with Crippen molar-refractivity contribution in [3.63, 3.8) is 0 Å². The number of allylic oxidation sites excluding steroid dienone is 3. The minimum atomic E-state index is -0.0438. The van der Waals surface area contributed by atoms with E-state index < -0.39 is 0 Å². The van der Waals surface area contributed by atoms with Crippen LogP contribution < -0.4 is 0 Å². The maximum absolute atomic E-state index is 11.0. The zero-order valence-corrected chi connectivity index (χ0v) is 8.03. The van der Waals surface area contributed by atoms with E-state index in [1.165, 1.54) is 0 Å². The third kappa shape index (κ3) is 3.05. The van der Waals surface area contributed by atoms with Crippen molar-refractivity contribution in [2.45, 2.75) is 32.3 Å². The molecule has 0 N–H and O–H groups in total. The maximum atomic E-state index is 11.0. The van der Waals surface area contributed by atoms with Gasteiger partial charge in [0.05, 0.1) is 5.92 Å². The van der Waals surface area contributed by atoms with Gasteiger partial charge in [-0.2, -0.15) is 0 Å². The molecule has 0 aromatic heterocycles. The van der Waals surface area contributed by atoms with Crippen LogP contribution in [-0.2, 0) is 9.53 Å². The summed E-state index contributed by atoms with van der Waals surface area (Å²) in [5.41, 5.74) is 0. The first kappa shape index (κ1) is 10.0. The van der Waals surface area contributed by atoms with Crippen molar-refractivity contribution in [1.29, 1.82) is 0 Å². The minimum absolute atomic E-state index is 0.0438. The van der Waals surface area contributed by atoms with E-state index in [1.807, 2.05) is 19.1 Å². The maximum Gasteiger partial charge on any atom is 0.309 e. The molecule has 0 saturated carbocycles. The Hall–Kier alpha value is -1.05. The Morgan fingerprint density at radius 3 is 3.00 bits per heavy atom. The van der Waals surface area contributed by atoms with Crippen molar-refractivity contribution in [1.82, 2.24) is 0 Å². The summed E-state index contributed by atoms with van der Waals surface area (Å²) < 4.78 is 5.16. The Labute approximate surface area is 79.3 Å². The Kier molecular flexibility index (Phi) is 3.74. The lowest BCUT2D eigenvalue weighted by molar-refractivity contribution is -0.144. The molecule has 1 aliphatic rings. The smallest absolute Gasteiger partial charge is 0.309 e. The number of esters is 1. The van der Waals surface area contributed by atoms with Crippen molar-refractivity contribution in [2.75, 3.05) is 0 Å². The van der Waals surface area contributed by atoms with Gasteiger partial charge in [-0.15, -0.1) is 0 Å². The largest absolute Gasteiger partial charge is 0.462 e. The van der Waals surface area contributed by atoms with Gasteiger partial charge in [0, 0.05) is 0 Å². The fourth-order valence-electron chi connectivity index (χ4n) is 1.47. The molecule has 72 valence electrons. The first-order chi connectivity index (χ1) is 6.24. The number of ether oxygens (including phenoxy) is 1. The Morgan fingerprint density at radius 1 is 1.69 bits per heavy atom. The van der Waals surface area contributed by atoms with E-state index >= 15 is 0 Å². The molecule has 2 heteroatoms. The number of carbonyl (C=O) groups is 1. The topological polar surface area (TPSA) is 26.3 Å². The van der Waals surface area contributed by atoms with E-state index in [1.54, 1.807) is 6.08 Å². The van der Waals surface area contributed by atoms with Crippen LogP contribution in [0.4, 0.5) is 0 Å². The van der Waals surface area contributed by atoms with Crippen molar-refractivity contribution < 1.29 is 9.53 Å². The average Bonchev–Trinajstić information content (AvgIpc) is 2.41. The highest BCUT2D eigenvalue weighted by Crippen LogP contribution is 2.23. The fourth-order valence-corrected chi connectivity index (χ4v) is 1.47. The number of carbonyl (C=O) groups excluding carboxylic acids is 1. The monoisotopic (exact) mass is 180 g/mol. The molecule has 1 aliphatic heterocycles. The third-order valence-corrected chi connectivity index (χ3v) is 2.23. The van der Waals surface area contributed by atoms with Crippen LogP contribution >= 0.6 is 0 Å². The first-order valence-electron chi connectivity index (χ1n) is 4.72. The zero-order valence-electron chi connectivity index (χ0n) is 8.03. The molecule has 2 nitrogen and oxygen atoms in total. The molecule has 1 fully saturated rings. The highest BCUT2D eigenvalue weighted by molar-refractivity contribution is 5.74. The van der Waals surface area contributed by atoms with Crippen LogP contribution in [0.2, 0.25) is 0 Å². The second-order valence-corrected chi connectivity index (χ2v) is 3.44. The summed E-state index contributed by atoms with van der Waals surface area (Å²) in [6.45, 7) is 5.50. The van der Waals surface area contributed by atoms with Gasteiger partial charge in [0.15, 0.2) is 0 Å². The van der Waals surface area contributed by atoms with E-state index in [9.17, 15) is 4.79 Å². The second kappa shape index (κ2) is 4.85. The average molecular weight is 180 g/mol. The van der Waals surface area contributed by atoms with E-state index in [0.29, 0.717) is 0 Å². The molecule has 0 amide bonds. The normalized spacial score (nSPS) is 27.9. The number of hydrogen-bond acceptors (Lipinski definition) is 2. The van der Waals surface area contributed by atoms with E-state index in [4.69, 9.17) is 4.74 Å². The quantitative estimate of drug-likeness (QED) is 0.490. The van der Waals surface area contributed by atoms with Crippen LogP contribution in [0, 0.1) is 5.92 Å². The molecule has 0 aliphatic carbocycles. The minimum Gasteiger partial charge on any atom is -0.462 e. The lowest BCUT2D eigenvalue weighted by Crippen LogP contribution is -2.05. The number of rotatable bonds is 4. The van der Waals surface area contributed by atoms with Gasteiger partial charge in [-0.25, -0.2) is 0 Å². The lowest BCUT2D eigenvalue weighted by atomic mass is 10.0. The summed E-state index contributed by atoms with van der Waals surface area (Å²) in [5, 5.41) is 0. The first-order valence-corrected chi connectivity index (χ1v) is 4.72. The van der Waals surface area contributed by atoms with Crippen molar-refractivity contribution in [3.8, 4) is 0 Å². The second-order valence-electron chi connectivity index (χ2n) is 3.44. The van der Waals surface area contributed by atoms with Crippen LogP contribution in [-0.4, -0.2) is 12.1 Å². The highest BCUT2D eigenvalue weighted by atomic mass is 16.5. The van der Waals surface area contributed by atoms with Crippen LogP contribution in [0.1, 0.15) is 26.2 Å². The summed E-state index contributed by atoms with van der Waals surface area (Å²) in [4.78, 5) is 11.0. The van der Waals surface area contributed by atoms with Gasteiger partial charge in [-0.1, -0.05) is 31.7 Å². The standard InChI is InChI=1S/C11H16O2/c1-3-4-5-6-7-10-8-9(2)11(12)13-10/h3-5,9-10H,1,6-8H2,2H3/b5-4+/t9-,10+/m1/s1. The summed E-state index contributed by atoms with van der Waals surface area (Å²) in [7, 11) is 0. The van der Waals surface area contributed by atoms with Gasteiger partial charge in [0.1, 0.15) is 6.10 Å². The van der Waals surface area contributed by atoms with Gasteiger partial charge in [0.2, 0.25) is 0 Å². The molecule has 1 rings (SSSR count). The molecule has 0 spiro atoms. The molecular formula is C11H16O2. The Balaban J connectivity index is 2.20. The van der Waals surface area contributed by atoms with Crippen LogP contribution in [0.5, 0.6) is 0 Å². The molecule has 0 aromatic rings.